The Morgan fingerprint density at radius 1 is 1.04 bits per heavy atom. The van der Waals surface area contributed by atoms with Crippen molar-refractivity contribution in [2.24, 2.45) is 0 Å². The van der Waals surface area contributed by atoms with Crippen molar-refractivity contribution in [3.63, 3.8) is 0 Å². The molecule has 0 aromatic carbocycles. The summed E-state index contributed by atoms with van der Waals surface area (Å²) >= 11 is 0. The number of rotatable bonds is 2. The highest BCUT2D eigenvalue weighted by Crippen LogP contribution is 2.39. The van der Waals surface area contributed by atoms with Crippen molar-refractivity contribution in [3.05, 3.63) is 32.9 Å². The predicted molar refractivity (Wildman–Crippen MR) is 97.5 cm³/mol. The maximum Gasteiger partial charge on any atom is 0.270 e. The molecule has 2 N–H and O–H groups in total. The van der Waals surface area contributed by atoms with Gasteiger partial charge in [-0.1, -0.05) is 37.3 Å². The summed E-state index contributed by atoms with van der Waals surface area (Å²) in [6, 6.07) is 0.232. The number of aryl methyl sites for hydroxylation is 2. The van der Waals surface area contributed by atoms with Gasteiger partial charge < -0.3 is 9.84 Å². The number of carbonyl (C=O) groups is 1. The number of hydrogen-bond acceptors (Lipinski definition) is 4. The van der Waals surface area contributed by atoms with Crippen LogP contribution in [0.3, 0.4) is 0 Å². The van der Waals surface area contributed by atoms with Crippen LogP contribution in [-0.2, 0) is 4.79 Å². The molecule has 2 aromatic rings. The summed E-state index contributed by atoms with van der Waals surface area (Å²) in [7, 11) is 0. The Morgan fingerprint density at radius 2 is 1.73 bits per heavy atom. The zero-order chi connectivity index (χ0) is 18.3. The molecule has 7 heteroatoms. The van der Waals surface area contributed by atoms with Gasteiger partial charge in [-0.15, -0.1) is 0 Å². The van der Waals surface area contributed by atoms with Crippen molar-refractivity contribution in [2.45, 2.75) is 77.2 Å². The highest BCUT2D eigenvalue weighted by atomic mass is 16.5. The molecular weight excluding hydrogens is 332 g/mol. The number of aromatic nitrogens is 3. The second-order valence-electron chi connectivity index (χ2n) is 7.61. The minimum atomic E-state index is -0.302. The van der Waals surface area contributed by atoms with Crippen LogP contribution < -0.4 is 10.9 Å². The molecule has 3 heterocycles. The van der Waals surface area contributed by atoms with Gasteiger partial charge in [-0.3, -0.25) is 19.4 Å². The molecule has 1 amide bonds. The summed E-state index contributed by atoms with van der Waals surface area (Å²) in [5.74, 6) is 0.942. The monoisotopic (exact) mass is 358 g/mol. The highest BCUT2D eigenvalue weighted by Gasteiger charge is 2.36. The van der Waals surface area contributed by atoms with E-state index in [1.165, 1.54) is 19.3 Å². The fourth-order valence-corrected chi connectivity index (χ4v) is 4.58. The maximum atomic E-state index is 12.8. The van der Waals surface area contributed by atoms with Gasteiger partial charge in [0.1, 0.15) is 11.6 Å². The summed E-state index contributed by atoms with van der Waals surface area (Å²) in [5.41, 5.74) is 2.13. The molecule has 1 saturated carbocycles. The molecule has 140 valence electrons. The maximum absolute atomic E-state index is 12.8. The topological polar surface area (TPSA) is 92.9 Å². The Hall–Kier alpha value is -2.31. The average Bonchev–Trinajstić information content (AvgIpc) is 3.07. The quantitative estimate of drug-likeness (QED) is 0.859. The second-order valence-corrected chi connectivity index (χ2v) is 7.61. The number of fused-ring (bicyclic) bond motifs is 1. The van der Waals surface area contributed by atoms with Crippen LogP contribution in [-0.4, -0.2) is 20.8 Å². The molecule has 26 heavy (non-hydrogen) atoms. The number of anilines is 1. The Kier molecular flexibility index (Phi) is 4.46. The van der Waals surface area contributed by atoms with E-state index in [0.29, 0.717) is 17.1 Å². The van der Waals surface area contributed by atoms with Gasteiger partial charge in [-0.25, -0.2) is 0 Å². The summed E-state index contributed by atoms with van der Waals surface area (Å²) in [6.45, 7) is 3.69. The highest BCUT2D eigenvalue weighted by molar-refractivity contribution is 5.94. The average molecular weight is 358 g/mol. The minimum absolute atomic E-state index is 0.0684. The molecule has 0 bridgehead atoms. The smallest absolute Gasteiger partial charge is 0.270 e. The van der Waals surface area contributed by atoms with E-state index in [1.807, 2.05) is 18.5 Å². The molecule has 1 fully saturated rings. The number of carbonyl (C=O) groups excluding carboxylic acids is 1. The molecule has 2 aromatic heterocycles. The lowest BCUT2D eigenvalue weighted by Gasteiger charge is -2.27. The Labute approximate surface area is 152 Å². The van der Waals surface area contributed by atoms with E-state index >= 15 is 0 Å². The van der Waals surface area contributed by atoms with Crippen molar-refractivity contribution >= 4 is 11.7 Å². The molecule has 4 rings (SSSR count). The number of nitrogens with one attached hydrogen (secondary N) is 2. The van der Waals surface area contributed by atoms with Crippen LogP contribution in [0.4, 0.5) is 5.82 Å². The molecule has 0 radical (unpaired) electrons. The number of H-pyrrole nitrogens is 1. The van der Waals surface area contributed by atoms with Crippen molar-refractivity contribution < 1.29 is 9.32 Å². The van der Waals surface area contributed by atoms with Gasteiger partial charge in [-0.2, -0.15) is 0 Å². The molecular formula is C19H26N4O3. The Balaban J connectivity index is 1.78. The van der Waals surface area contributed by atoms with Crippen LogP contribution in [0.15, 0.2) is 9.32 Å². The zero-order valence-corrected chi connectivity index (χ0v) is 15.4. The van der Waals surface area contributed by atoms with E-state index in [1.54, 1.807) is 0 Å². The van der Waals surface area contributed by atoms with Gasteiger partial charge in [0.25, 0.3) is 5.56 Å². The van der Waals surface area contributed by atoms with E-state index < -0.39 is 0 Å². The summed E-state index contributed by atoms with van der Waals surface area (Å²) in [4.78, 5) is 25.3. The van der Waals surface area contributed by atoms with Crippen LogP contribution in [0.2, 0.25) is 0 Å². The Morgan fingerprint density at radius 3 is 2.38 bits per heavy atom. The molecule has 0 saturated heterocycles. The fourth-order valence-electron chi connectivity index (χ4n) is 4.58. The van der Waals surface area contributed by atoms with Crippen LogP contribution >= 0.6 is 0 Å². The minimum Gasteiger partial charge on any atom is -0.361 e. The number of hydrogen-bond donors (Lipinski definition) is 2. The van der Waals surface area contributed by atoms with Gasteiger partial charge in [0.2, 0.25) is 5.91 Å². The lowest BCUT2D eigenvalue weighted by atomic mass is 9.86. The van der Waals surface area contributed by atoms with Crippen molar-refractivity contribution in [2.75, 3.05) is 5.32 Å². The van der Waals surface area contributed by atoms with Crippen molar-refractivity contribution in [3.8, 4) is 0 Å². The summed E-state index contributed by atoms with van der Waals surface area (Å²) < 4.78 is 7.21. The first-order valence-electron chi connectivity index (χ1n) is 9.63. The van der Waals surface area contributed by atoms with Gasteiger partial charge in [0.15, 0.2) is 0 Å². The predicted octanol–water partition coefficient (Wildman–Crippen LogP) is 3.54. The summed E-state index contributed by atoms with van der Waals surface area (Å²) in [6.07, 6.45) is 8.37. The molecule has 1 atom stereocenters. The van der Waals surface area contributed by atoms with E-state index in [-0.39, 0.29) is 29.8 Å². The summed E-state index contributed by atoms with van der Waals surface area (Å²) in [5, 5.41) is 9.99. The van der Waals surface area contributed by atoms with E-state index in [4.69, 9.17) is 4.52 Å². The third kappa shape index (κ3) is 2.89. The first-order chi connectivity index (χ1) is 12.6. The lowest BCUT2D eigenvalue weighted by molar-refractivity contribution is -0.116. The van der Waals surface area contributed by atoms with Crippen molar-refractivity contribution in [1.82, 2.24) is 14.9 Å². The number of amides is 1. The van der Waals surface area contributed by atoms with Crippen molar-refractivity contribution in [1.29, 1.82) is 0 Å². The standard InChI is InChI=1S/C19H26N4O3/c1-11-16(12(2)26-22-11)14-10-15(24)20-18-17(14)19(25)21-23(18)13-8-6-4-3-5-7-9-13/h13-14H,3-10H2,1-2H3,(H,20,24)(H,21,25)/t14-/m1/s1. The van der Waals surface area contributed by atoms with Gasteiger partial charge in [0, 0.05) is 17.9 Å². The van der Waals surface area contributed by atoms with Gasteiger partial charge >= 0.3 is 0 Å². The fraction of sp³-hybridized carbons (Fsp3) is 0.632. The first kappa shape index (κ1) is 17.1. The first-order valence-corrected chi connectivity index (χ1v) is 9.63. The third-order valence-corrected chi connectivity index (χ3v) is 5.84. The van der Waals surface area contributed by atoms with Crippen LogP contribution in [0.1, 0.15) is 85.9 Å². The Bertz CT molecular complexity index is 848. The molecule has 1 aliphatic carbocycles. The van der Waals surface area contributed by atoms with E-state index in [2.05, 4.69) is 15.6 Å². The number of aromatic amines is 1. The number of nitrogens with zero attached hydrogens (tertiary/aromatic N) is 2. The van der Waals surface area contributed by atoms with Crippen LogP contribution in [0, 0.1) is 13.8 Å². The van der Waals surface area contributed by atoms with E-state index in [9.17, 15) is 9.59 Å². The normalized spacial score (nSPS) is 21.8. The molecule has 2 aliphatic rings. The van der Waals surface area contributed by atoms with Gasteiger partial charge in [-0.05, 0) is 26.7 Å². The SMILES string of the molecule is Cc1noc(C)c1[C@H]1CC(=O)Nc2c1c(=O)[nH]n2C1CCCCCCC1. The zero-order valence-electron chi connectivity index (χ0n) is 15.4. The molecule has 7 nitrogen and oxygen atoms in total. The third-order valence-electron chi connectivity index (χ3n) is 5.84. The van der Waals surface area contributed by atoms with Gasteiger partial charge in [0.05, 0.1) is 17.3 Å². The van der Waals surface area contributed by atoms with Crippen LogP contribution in [0.25, 0.3) is 0 Å². The molecule has 1 aliphatic heterocycles. The van der Waals surface area contributed by atoms with Crippen LogP contribution in [0.5, 0.6) is 0 Å². The lowest BCUT2D eigenvalue weighted by Crippen LogP contribution is -2.28. The second kappa shape index (κ2) is 6.78. The molecule has 0 unspecified atom stereocenters. The molecule has 0 spiro atoms. The van der Waals surface area contributed by atoms with E-state index in [0.717, 1.165) is 36.9 Å². The largest absolute Gasteiger partial charge is 0.361 e.